The van der Waals surface area contributed by atoms with Gasteiger partial charge >= 0.3 is 7.60 Å². The van der Waals surface area contributed by atoms with Crippen LogP contribution in [0.3, 0.4) is 0 Å². The lowest BCUT2D eigenvalue weighted by Gasteiger charge is -2.28. The van der Waals surface area contributed by atoms with Crippen LogP contribution in [0.1, 0.15) is 25.2 Å². The fourth-order valence-electron chi connectivity index (χ4n) is 2.12. The van der Waals surface area contributed by atoms with Crippen LogP contribution in [0.15, 0.2) is 54.9 Å². The predicted octanol–water partition coefficient (Wildman–Crippen LogP) is 4.46. The monoisotopic (exact) mass is 320 g/mol. The third-order valence-electron chi connectivity index (χ3n) is 3.01. The lowest BCUT2D eigenvalue weighted by Crippen LogP contribution is -2.15. The zero-order valence-electron chi connectivity index (χ0n) is 12.8. The molecule has 0 saturated carbocycles. The van der Waals surface area contributed by atoms with Crippen LogP contribution in [0.2, 0.25) is 0 Å². The molecule has 1 aromatic carbocycles. The lowest BCUT2D eigenvalue weighted by molar-refractivity contribution is 0.214. The normalized spacial score (nSPS) is 12.8. The quantitative estimate of drug-likeness (QED) is 0.728. The van der Waals surface area contributed by atoms with Gasteiger partial charge in [-0.1, -0.05) is 24.3 Å². The minimum Gasteiger partial charge on any atom is -0.368 e. The van der Waals surface area contributed by atoms with E-state index < -0.39 is 13.4 Å². The van der Waals surface area contributed by atoms with Gasteiger partial charge in [0.05, 0.1) is 13.2 Å². The molecule has 1 N–H and O–H groups in total. The summed E-state index contributed by atoms with van der Waals surface area (Å²) in [5.74, 6) is -0.608. The number of hydrogen-bond acceptors (Lipinski definition) is 5. The largest absolute Gasteiger partial charge is 0.368 e. The van der Waals surface area contributed by atoms with Gasteiger partial charge in [0, 0.05) is 23.6 Å². The minimum absolute atomic E-state index is 0.310. The van der Waals surface area contributed by atoms with Crippen molar-refractivity contribution in [2.45, 2.75) is 19.6 Å². The Morgan fingerprint density at radius 3 is 2.32 bits per heavy atom. The molecule has 6 heteroatoms. The van der Waals surface area contributed by atoms with Crippen molar-refractivity contribution >= 4 is 13.3 Å². The average Bonchev–Trinajstić information content (AvgIpc) is 2.55. The molecule has 0 aliphatic rings. The number of aromatic nitrogens is 1. The summed E-state index contributed by atoms with van der Waals surface area (Å²) < 4.78 is 24.2. The molecular formula is C16H21N2O3P. The number of rotatable bonds is 8. The summed E-state index contributed by atoms with van der Waals surface area (Å²) in [4.78, 5) is 4.11. The van der Waals surface area contributed by atoms with Crippen molar-refractivity contribution in [3.05, 3.63) is 60.4 Å². The van der Waals surface area contributed by atoms with Crippen molar-refractivity contribution in [3.8, 4) is 0 Å². The van der Waals surface area contributed by atoms with Crippen molar-refractivity contribution in [3.63, 3.8) is 0 Å². The van der Waals surface area contributed by atoms with Crippen LogP contribution in [0.25, 0.3) is 0 Å². The molecule has 1 atom stereocenters. The first-order valence-electron chi connectivity index (χ1n) is 7.30. The molecular weight excluding hydrogens is 299 g/mol. The summed E-state index contributed by atoms with van der Waals surface area (Å²) in [6, 6.07) is 13.2. The van der Waals surface area contributed by atoms with Crippen molar-refractivity contribution in [1.82, 2.24) is 4.98 Å². The maximum atomic E-state index is 13.2. The van der Waals surface area contributed by atoms with Gasteiger partial charge in [-0.15, -0.1) is 0 Å². The number of nitrogens with zero attached hydrogens (tertiary/aromatic N) is 1. The number of hydrogen-bond donors (Lipinski definition) is 1. The van der Waals surface area contributed by atoms with E-state index in [2.05, 4.69) is 10.3 Å². The van der Waals surface area contributed by atoms with E-state index in [1.165, 1.54) is 0 Å². The van der Waals surface area contributed by atoms with Gasteiger partial charge in [0.25, 0.3) is 0 Å². The molecule has 0 aliphatic heterocycles. The van der Waals surface area contributed by atoms with Crippen molar-refractivity contribution in [1.29, 1.82) is 0 Å². The molecule has 1 heterocycles. The molecule has 0 aliphatic carbocycles. The predicted molar refractivity (Wildman–Crippen MR) is 87.9 cm³/mol. The van der Waals surface area contributed by atoms with Crippen molar-refractivity contribution in [2.24, 2.45) is 0 Å². The van der Waals surface area contributed by atoms with Gasteiger partial charge < -0.3 is 14.4 Å². The molecule has 1 aromatic heterocycles. The van der Waals surface area contributed by atoms with Gasteiger partial charge in [-0.3, -0.25) is 9.55 Å². The molecule has 2 rings (SSSR count). The minimum atomic E-state index is -3.37. The second-order valence-corrected chi connectivity index (χ2v) is 6.69. The summed E-state index contributed by atoms with van der Waals surface area (Å²) in [5, 5.41) is 3.25. The van der Waals surface area contributed by atoms with Gasteiger partial charge in [-0.25, -0.2) is 0 Å². The second-order valence-electron chi connectivity index (χ2n) is 4.57. The van der Waals surface area contributed by atoms with Crippen LogP contribution in [0.4, 0.5) is 5.69 Å². The van der Waals surface area contributed by atoms with Gasteiger partial charge in [0.2, 0.25) is 0 Å². The summed E-state index contributed by atoms with van der Waals surface area (Å²) >= 11 is 0. The summed E-state index contributed by atoms with van der Waals surface area (Å²) in [6.45, 7) is 4.22. The molecule has 0 unspecified atom stereocenters. The van der Waals surface area contributed by atoms with Crippen LogP contribution in [0.5, 0.6) is 0 Å². The SMILES string of the molecule is CCOP(=O)(OCC)[C@@H](Nc1ccccc1)c1cccnc1. The van der Waals surface area contributed by atoms with E-state index in [-0.39, 0.29) is 0 Å². The van der Waals surface area contributed by atoms with Crippen LogP contribution >= 0.6 is 7.60 Å². The first kappa shape index (κ1) is 16.7. The summed E-state index contributed by atoms with van der Waals surface area (Å²) in [6.07, 6.45) is 3.35. The molecule has 5 nitrogen and oxygen atoms in total. The number of anilines is 1. The standard InChI is InChI=1S/C16H21N2O3P/c1-3-20-22(19,21-4-2)16(14-9-8-12-17-13-14)18-15-10-6-5-7-11-15/h5-13,16,18H,3-4H2,1-2H3/t16-/m1/s1. The van der Waals surface area contributed by atoms with Crippen LogP contribution in [-0.2, 0) is 13.6 Å². The fourth-order valence-corrected chi connectivity index (χ4v) is 4.04. The van der Waals surface area contributed by atoms with Crippen LogP contribution in [0, 0.1) is 0 Å². The molecule has 2 aromatic rings. The topological polar surface area (TPSA) is 60.5 Å². The van der Waals surface area contributed by atoms with Gasteiger partial charge in [0.1, 0.15) is 0 Å². The second kappa shape index (κ2) is 8.08. The smallest absolute Gasteiger partial charge is 0.357 e. The molecule has 22 heavy (non-hydrogen) atoms. The fraction of sp³-hybridized carbons (Fsp3) is 0.312. The Morgan fingerprint density at radius 1 is 1.09 bits per heavy atom. The van der Waals surface area contributed by atoms with Crippen LogP contribution < -0.4 is 5.32 Å². The van der Waals surface area contributed by atoms with Crippen molar-refractivity contribution < 1.29 is 13.6 Å². The Labute approximate surface area is 131 Å². The Kier molecular flexibility index (Phi) is 6.13. The Morgan fingerprint density at radius 2 is 1.77 bits per heavy atom. The molecule has 118 valence electrons. The molecule has 0 radical (unpaired) electrons. The first-order valence-corrected chi connectivity index (χ1v) is 8.91. The number of pyridine rings is 1. The highest BCUT2D eigenvalue weighted by atomic mass is 31.2. The van der Waals surface area contributed by atoms with Gasteiger partial charge in [-0.2, -0.15) is 0 Å². The lowest BCUT2D eigenvalue weighted by atomic mass is 10.2. The van der Waals surface area contributed by atoms with E-state index in [1.54, 1.807) is 32.3 Å². The van der Waals surface area contributed by atoms with E-state index >= 15 is 0 Å². The number of nitrogens with one attached hydrogen (secondary N) is 1. The average molecular weight is 320 g/mol. The zero-order chi connectivity index (χ0) is 15.8. The Balaban J connectivity index is 2.38. The molecule has 0 spiro atoms. The first-order chi connectivity index (χ1) is 10.7. The maximum Gasteiger partial charge on any atom is 0.357 e. The van der Waals surface area contributed by atoms with E-state index in [1.807, 2.05) is 36.4 Å². The molecule has 0 amide bonds. The third kappa shape index (κ3) is 4.17. The van der Waals surface area contributed by atoms with E-state index in [4.69, 9.17) is 9.05 Å². The maximum absolute atomic E-state index is 13.2. The van der Waals surface area contributed by atoms with Gasteiger partial charge in [0.15, 0.2) is 5.78 Å². The summed E-state index contributed by atoms with van der Waals surface area (Å²) in [7, 11) is -3.37. The van der Waals surface area contributed by atoms with E-state index in [0.717, 1.165) is 11.3 Å². The van der Waals surface area contributed by atoms with E-state index in [0.29, 0.717) is 13.2 Å². The highest BCUT2D eigenvalue weighted by Gasteiger charge is 2.37. The molecule has 0 saturated heterocycles. The van der Waals surface area contributed by atoms with Crippen molar-refractivity contribution in [2.75, 3.05) is 18.5 Å². The zero-order valence-corrected chi connectivity index (χ0v) is 13.7. The number of para-hydroxylation sites is 1. The molecule has 0 fully saturated rings. The highest BCUT2D eigenvalue weighted by Crippen LogP contribution is 2.60. The van der Waals surface area contributed by atoms with E-state index in [9.17, 15) is 4.57 Å². The summed E-state index contributed by atoms with van der Waals surface area (Å²) in [5.41, 5.74) is 1.60. The van der Waals surface area contributed by atoms with Crippen LogP contribution in [-0.4, -0.2) is 18.2 Å². The van der Waals surface area contributed by atoms with Gasteiger partial charge in [-0.05, 0) is 32.0 Å². The Bertz CT molecular complexity index is 597. The Hall–Kier alpha value is -1.68. The number of benzene rings is 1. The molecule has 0 bridgehead atoms. The third-order valence-corrected chi connectivity index (χ3v) is 5.31. The highest BCUT2D eigenvalue weighted by molar-refractivity contribution is 7.54.